The predicted molar refractivity (Wildman–Crippen MR) is 265 cm³/mol. The van der Waals surface area contributed by atoms with E-state index >= 15 is 0 Å². The maximum absolute atomic E-state index is 14.6. The number of esters is 2. The molecule has 1 fully saturated rings. The molecular weight excluding hydrogens is 912 g/mol. The molecule has 376 valence electrons. The Hall–Kier alpha value is -5.05. The summed E-state index contributed by atoms with van der Waals surface area (Å²) in [5.41, 5.74) is 4.28. The molecule has 70 heavy (non-hydrogen) atoms. The average Bonchev–Trinajstić information content (AvgIpc) is 3.38. The number of rotatable bonds is 31. The number of carbonyl (C=O) groups excluding carboxylic acids is 2. The summed E-state index contributed by atoms with van der Waals surface area (Å²) in [6.07, 6.45) is -2.82. The minimum atomic E-state index is -5.15. The van der Waals surface area contributed by atoms with Crippen molar-refractivity contribution in [1.82, 2.24) is 0 Å². The summed E-state index contributed by atoms with van der Waals surface area (Å²) in [6.45, 7) is 3.54. The van der Waals surface area contributed by atoms with Crippen molar-refractivity contribution in [2.45, 2.75) is 141 Å². The fraction of sp³-hybridized carbons (Fsp3) is 0.429. The van der Waals surface area contributed by atoms with E-state index in [2.05, 4.69) is 0 Å². The van der Waals surface area contributed by atoms with Gasteiger partial charge in [0.25, 0.3) is 0 Å². The van der Waals surface area contributed by atoms with Crippen molar-refractivity contribution < 1.29 is 61.3 Å². The van der Waals surface area contributed by atoms with E-state index in [-0.39, 0.29) is 52.5 Å². The lowest BCUT2D eigenvalue weighted by molar-refractivity contribution is -0.280. The first-order valence-corrected chi connectivity index (χ1v) is 26.0. The van der Waals surface area contributed by atoms with E-state index < -0.39 is 69.1 Å². The summed E-state index contributed by atoms with van der Waals surface area (Å²) >= 11 is 0. The van der Waals surface area contributed by atoms with Gasteiger partial charge in [-0.2, -0.15) is 0 Å². The number of phosphoric acid groups is 1. The highest BCUT2D eigenvalue weighted by atomic mass is 31.2. The van der Waals surface area contributed by atoms with Gasteiger partial charge in [0.2, 0.25) is 0 Å². The fourth-order valence-corrected chi connectivity index (χ4v) is 9.01. The molecule has 5 aromatic rings. The van der Waals surface area contributed by atoms with Crippen LogP contribution in [0.2, 0.25) is 0 Å². The summed E-state index contributed by atoms with van der Waals surface area (Å²) in [7, 11) is -5.15. The highest BCUT2D eigenvalue weighted by Gasteiger charge is 2.57. The van der Waals surface area contributed by atoms with Gasteiger partial charge in [0.05, 0.1) is 39.6 Å². The van der Waals surface area contributed by atoms with Gasteiger partial charge >= 0.3 is 19.8 Å². The molecule has 5 aromatic carbocycles. The standard InChI is InChI=1S/C56H69O13P/c1-3-5-12-34-49(57)61-41-48(68-50(58)35-13-6-4-2)42-67-70(59,60)69-56-54(65-39-46-30-20-10-21-31-46)52(63-37-44-26-16-8-17-27-44)51(62-36-43-24-14-7-15-25-43)53(64-38-45-28-18-9-19-29-45)55(56)66-40-47-32-22-11-23-33-47/h7-11,14-33,48,51-56H,3-6,12-13,34-42H2,1-2H3,(H,59,60)/t48?,51?,52-,53+,54-,55-,56?/m0/s1. The fourth-order valence-electron chi connectivity index (χ4n) is 8.04. The molecule has 0 radical (unpaired) electrons. The third kappa shape index (κ3) is 18.6. The summed E-state index contributed by atoms with van der Waals surface area (Å²) in [5.74, 6) is -1.03. The lowest BCUT2D eigenvalue weighted by Gasteiger charge is -2.49. The molecule has 8 atom stereocenters. The van der Waals surface area contributed by atoms with Crippen LogP contribution in [0.1, 0.15) is 93.0 Å². The van der Waals surface area contributed by atoms with E-state index in [0.29, 0.717) is 12.8 Å². The van der Waals surface area contributed by atoms with Gasteiger partial charge in [0.15, 0.2) is 6.10 Å². The van der Waals surface area contributed by atoms with Crippen molar-refractivity contribution in [2.24, 2.45) is 0 Å². The van der Waals surface area contributed by atoms with E-state index in [1.165, 1.54) is 0 Å². The van der Waals surface area contributed by atoms with Crippen LogP contribution in [-0.2, 0) is 89.4 Å². The number of benzene rings is 5. The lowest BCUT2D eigenvalue weighted by atomic mass is 9.83. The Kier molecular flexibility index (Phi) is 23.2. The van der Waals surface area contributed by atoms with Crippen LogP contribution in [0.4, 0.5) is 0 Å². The Labute approximate surface area is 413 Å². The Morgan fingerprint density at radius 2 is 0.771 bits per heavy atom. The smallest absolute Gasteiger partial charge is 0.462 e. The molecule has 0 saturated heterocycles. The molecule has 0 aliphatic heterocycles. The summed E-state index contributed by atoms with van der Waals surface area (Å²) < 4.78 is 72.4. The SMILES string of the molecule is CCCCCC(=O)OCC(COP(=O)(O)OC1[C@@H](OCc2ccccc2)[C@H](OCc2ccccc2)C(OCc2ccccc2)[C@H](OCc2ccccc2)[C@@H]1OCc1ccccc1)OC(=O)CCCCC. The van der Waals surface area contributed by atoms with E-state index in [1.807, 2.05) is 166 Å². The Morgan fingerprint density at radius 1 is 0.457 bits per heavy atom. The molecule has 6 rings (SSSR count). The zero-order valence-electron chi connectivity index (χ0n) is 40.4. The number of ether oxygens (including phenoxy) is 7. The summed E-state index contributed by atoms with van der Waals surface area (Å²) in [6, 6.07) is 48.0. The number of hydrogen-bond donors (Lipinski definition) is 1. The van der Waals surface area contributed by atoms with Crippen LogP contribution in [0.25, 0.3) is 0 Å². The Morgan fingerprint density at radius 3 is 1.10 bits per heavy atom. The van der Waals surface area contributed by atoms with Crippen LogP contribution in [0.15, 0.2) is 152 Å². The first-order valence-electron chi connectivity index (χ1n) is 24.5. The van der Waals surface area contributed by atoms with Gasteiger partial charge < -0.3 is 38.1 Å². The van der Waals surface area contributed by atoms with Crippen molar-refractivity contribution in [3.05, 3.63) is 179 Å². The molecular formula is C56H69O13P. The largest absolute Gasteiger partial charge is 0.472 e. The molecule has 0 heterocycles. The van der Waals surface area contributed by atoms with Crippen LogP contribution >= 0.6 is 7.82 Å². The van der Waals surface area contributed by atoms with Gasteiger partial charge in [-0.05, 0) is 40.7 Å². The molecule has 0 amide bonds. The van der Waals surface area contributed by atoms with Crippen LogP contribution in [0.3, 0.4) is 0 Å². The van der Waals surface area contributed by atoms with E-state index in [4.69, 9.17) is 42.2 Å². The molecule has 1 N–H and O–H groups in total. The monoisotopic (exact) mass is 980 g/mol. The van der Waals surface area contributed by atoms with Crippen LogP contribution in [0, 0.1) is 0 Å². The quantitative estimate of drug-likeness (QED) is 0.0255. The third-order valence-corrected chi connectivity index (χ3v) is 12.7. The van der Waals surface area contributed by atoms with Crippen molar-refractivity contribution in [2.75, 3.05) is 13.2 Å². The van der Waals surface area contributed by atoms with E-state index in [0.717, 1.165) is 53.5 Å². The van der Waals surface area contributed by atoms with Gasteiger partial charge in [-0.15, -0.1) is 0 Å². The molecule has 14 heteroatoms. The van der Waals surface area contributed by atoms with Gasteiger partial charge in [-0.3, -0.25) is 18.6 Å². The molecule has 1 aliphatic carbocycles. The molecule has 4 unspecified atom stereocenters. The van der Waals surface area contributed by atoms with Crippen LogP contribution in [0.5, 0.6) is 0 Å². The van der Waals surface area contributed by atoms with Crippen LogP contribution in [-0.4, -0.2) is 72.8 Å². The number of carbonyl (C=O) groups is 2. The number of phosphoric ester groups is 1. The van der Waals surface area contributed by atoms with Crippen molar-refractivity contribution in [3.63, 3.8) is 0 Å². The zero-order chi connectivity index (χ0) is 49.2. The van der Waals surface area contributed by atoms with Crippen molar-refractivity contribution in [1.29, 1.82) is 0 Å². The van der Waals surface area contributed by atoms with Gasteiger partial charge in [-0.1, -0.05) is 191 Å². The van der Waals surface area contributed by atoms with Gasteiger partial charge in [0, 0.05) is 12.8 Å². The summed E-state index contributed by atoms with van der Waals surface area (Å²) in [5, 5.41) is 0. The minimum Gasteiger partial charge on any atom is -0.462 e. The van der Waals surface area contributed by atoms with E-state index in [9.17, 15) is 19.0 Å². The average molecular weight is 981 g/mol. The van der Waals surface area contributed by atoms with Gasteiger partial charge in [0.1, 0.15) is 43.2 Å². The molecule has 13 nitrogen and oxygen atoms in total. The molecule has 0 bridgehead atoms. The predicted octanol–water partition coefficient (Wildman–Crippen LogP) is 11.0. The molecule has 1 saturated carbocycles. The van der Waals surface area contributed by atoms with Crippen molar-refractivity contribution >= 4 is 19.8 Å². The number of hydrogen-bond acceptors (Lipinski definition) is 12. The second kappa shape index (κ2) is 30.0. The highest BCUT2D eigenvalue weighted by molar-refractivity contribution is 7.47. The molecule has 1 aliphatic rings. The second-order valence-electron chi connectivity index (χ2n) is 17.3. The Bertz CT molecular complexity index is 2160. The van der Waals surface area contributed by atoms with Gasteiger partial charge in [-0.25, -0.2) is 4.57 Å². The normalized spacial score (nSPS) is 20.3. The molecule has 0 spiro atoms. The van der Waals surface area contributed by atoms with Crippen molar-refractivity contribution in [3.8, 4) is 0 Å². The first kappa shape index (κ1) is 54.3. The second-order valence-corrected chi connectivity index (χ2v) is 18.8. The Balaban J connectivity index is 1.39. The van der Waals surface area contributed by atoms with E-state index in [1.54, 1.807) is 0 Å². The zero-order valence-corrected chi connectivity index (χ0v) is 41.3. The maximum atomic E-state index is 14.6. The summed E-state index contributed by atoms with van der Waals surface area (Å²) in [4.78, 5) is 37.6. The highest BCUT2D eigenvalue weighted by Crippen LogP contribution is 2.49. The minimum absolute atomic E-state index is 0.0547. The first-order chi connectivity index (χ1) is 34.2. The lowest BCUT2D eigenvalue weighted by Crippen LogP contribution is -2.67. The van der Waals surface area contributed by atoms with Crippen LogP contribution < -0.4 is 0 Å². The number of unbranched alkanes of at least 4 members (excludes halogenated alkanes) is 4. The third-order valence-electron chi connectivity index (χ3n) is 11.7. The molecule has 0 aromatic heterocycles. The maximum Gasteiger partial charge on any atom is 0.472 e. The topological polar surface area (TPSA) is 155 Å².